The van der Waals surface area contributed by atoms with E-state index in [1.165, 1.54) is 0 Å². The zero-order valence-electron chi connectivity index (χ0n) is 9.46. The zero-order chi connectivity index (χ0) is 11.8. The molecule has 0 aromatic carbocycles. The average molecular weight is 226 g/mol. The second kappa shape index (κ2) is 6.95. The molecule has 1 atom stereocenters. The van der Waals surface area contributed by atoms with E-state index in [0.717, 1.165) is 6.42 Å². The summed E-state index contributed by atoms with van der Waals surface area (Å²) in [5, 5.41) is 19.0. The molecule has 0 bridgehead atoms. The van der Waals surface area contributed by atoms with Crippen molar-refractivity contribution < 1.29 is 9.90 Å². The Bertz CT molecular complexity index is 300. The Morgan fingerprint density at radius 2 is 2.44 bits per heavy atom. The monoisotopic (exact) mass is 226 g/mol. The summed E-state index contributed by atoms with van der Waals surface area (Å²) >= 11 is 0. The fraction of sp³-hybridized carbons (Fsp3) is 0.700. The predicted octanol–water partition coefficient (Wildman–Crippen LogP) is -0.0546. The Labute approximate surface area is 94.7 Å². The Morgan fingerprint density at radius 1 is 1.62 bits per heavy atom. The van der Waals surface area contributed by atoms with Crippen LogP contribution in [0.4, 0.5) is 0 Å². The summed E-state index contributed by atoms with van der Waals surface area (Å²) in [6.07, 6.45) is 5.18. The Morgan fingerprint density at radius 3 is 3.06 bits per heavy atom. The number of nitrogens with zero attached hydrogens (tertiary/aromatic N) is 3. The number of hydrogen-bond donors (Lipinski definition) is 2. The van der Waals surface area contributed by atoms with Crippen LogP contribution < -0.4 is 5.32 Å². The van der Waals surface area contributed by atoms with Gasteiger partial charge in [0.15, 0.2) is 0 Å². The number of nitrogens with one attached hydrogen (secondary N) is 1. The number of carbonyl (C=O) groups excluding carboxylic acids is 1. The highest BCUT2D eigenvalue weighted by atomic mass is 16.3. The van der Waals surface area contributed by atoms with E-state index >= 15 is 0 Å². The van der Waals surface area contributed by atoms with Gasteiger partial charge in [-0.3, -0.25) is 9.48 Å². The molecule has 0 aliphatic rings. The van der Waals surface area contributed by atoms with Crippen LogP contribution in [0.3, 0.4) is 0 Å². The number of rotatable bonds is 7. The smallest absolute Gasteiger partial charge is 0.220 e. The molecule has 1 aromatic rings. The van der Waals surface area contributed by atoms with Crippen molar-refractivity contribution in [3.8, 4) is 0 Å². The van der Waals surface area contributed by atoms with Crippen LogP contribution in [0, 0.1) is 0 Å². The normalized spacial score (nSPS) is 12.4. The molecular weight excluding hydrogens is 208 g/mol. The van der Waals surface area contributed by atoms with Crippen molar-refractivity contribution in [2.24, 2.45) is 0 Å². The lowest BCUT2D eigenvalue weighted by Gasteiger charge is -2.11. The number of aliphatic hydroxyl groups excluding tert-OH is 1. The third kappa shape index (κ3) is 4.88. The van der Waals surface area contributed by atoms with Crippen LogP contribution in [0.25, 0.3) is 0 Å². The van der Waals surface area contributed by atoms with Crippen LogP contribution in [0.1, 0.15) is 26.2 Å². The van der Waals surface area contributed by atoms with Crippen molar-refractivity contribution in [1.29, 1.82) is 0 Å². The van der Waals surface area contributed by atoms with Gasteiger partial charge in [0.25, 0.3) is 0 Å². The van der Waals surface area contributed by atoms with Crippen LogP contribution in [0.5, 0.6) is 0 Å². The lowest BCUT2D eigenvalue weighted by Crippen LogP contribution is -2.33. The molecule has 0 saturated carbocycles. The molecule has 0 spiro atoms. The van der Waals surface area contributed by atoms with Crippen molar-refractivity contribution in [2.75, 3.05) is 6.61 Å². The minimum absolute atomic E-state index is 0.0149. The van der Waals surface area contributed by atoms with Gasteiger partial charge in [0, 0.05) is 31.8 Å². The quantitative estimate of drug-likeness (QED) is 0.683. The highest BCUT2D eigenvalue weighted by Crippen LogP contribution is 1.96. The van der Waals surface area contributed by atoms with Crippen LogP contribution in [-0.4, -0.2) is 38.7 Å². The molecule has 1 rings (SSSR count). The first-order valence-corrected chi connectivity index (χ1v) is 5.46. The largest absolute Gasteiger partial charge is 0.396 e. The summed E-state index contributed by atoms with van der Waals surface area (Å²) in [5.74, 6) is 0.0149. The molecule has 0 aliphatic carbocycles. The van der Waals surface area contributed by atoms with E-state index in [4.69, 9.17) is 5.11 Å². The van der Waals surface area contributed by atoms with Crippen molar-refractivity contribution in [2.45, 2.75) is 38.8 Å². The molecule has 2 N–H and O–H groups in total. The minimum Gasteiger partial charge on any atom is -0.396 e. The third-order valence-electron chi connectivity index (χ3n) is 2.23. The average Bonchev–Trinajstić information content (AvgIpc) is 2.70. The van der Waals surface area contributed by atoms with Gasteiger partial charge in [0.1, 0.15) is 0 Å². The molecule has 1 heterocycles. The zero-order valence-corrected chi connectivity index (χ0v) is 9.46. The molecule has 1 amide bonds. The second-order valence-electron chi connectivity index (χ2n) is 3.75. The Balaban J connectivity index is 2.10. The third-order valence-corrected chi connectivity index (χ3v) is 2.23. The van der Waals surface area contributed by atoms with E-state index < -0.39 is 0 Å². The van der Waals surface area contributed by atoms with E-state index in [9.17, 15) is 4.79 Å². The van der Waals surface area contributed by atoms with Crippen molar-refractivity contribution in [1.82, 2.24) is 20.3 Å². The van der Waals surface area contributed by atoms with E-state index in [-0.39, 0.29) is 18.6 Å². The Kier molecular flexibility index (Phi) is 5.49. The molecule has 1 unspecified atom stereocenters. The van der Waals surface area contributed by atoms with Gasteiger partial charge in [-0.1, -0.05) is 5.21 Å². The minimum atomic E-state index is 0.0149. The molecule has 1 aromatic heterocycles. The number of aliphatic hydroxyl groups is 1. The fourth-order valence-corrected chi connectivity index (χ4v) is 1.37. The maximum absolute atomic E-state index is 11.4. The highest BCUT2D eigenvalue weighted by Gasteiger charge is 2.06. The first-order chi connectivity index (χ1) is 7.72. The molecule has 16 heavy (non-hydrogen) atoms. The molecule has 6 heteroatoms. The number of aromatic nitrogens is 3. The molecule has 6 nitrogen and oxygen atoms in total. The lowest BCUT2D eigenvalue weighted by atomic mass is 10.2. The lowest BCUT2D eigenvalue weighted by molar-refractivity contribution is -0.121. The highest BCUT2D eigenvalue weighted by molar-refractivity contribution is 5.76. The number of amides is 1. The maximum atomic E-state index is 11.4. The van der Waals surface area contributed by atoms with Gasteiger partial charge in [-0.25, -0.2) is 0 Å². The number of carbonyl (C=O) groups is 1. The fourth-order valence-electron chi connectivity index (χ4n) is 1.37. The van der Waals surface area contributed by atoms with Crippen molar-refractivity contribution >= 4 is 5.91 Å². The molecular formula is C10H18N4O2. The van der Waals surface area contributed by atoms with Gasteiger partial charge in [-0.15, -0.1) is 5.10 Å². The summed E-state index contributed by atoms with van der Waals surface area (Å²) in [7, 11) is 0. The number of aryl methyl sites for hydroxylation is 1. The summed E-state index contributed by atoms with van der Waals surface area (Å²) < 4.78 is 1.70. The van der Waals surface area contributed by atoms with E-state index in [2.05, 4.69) is 15.6 Å². The molecule has 90 valence electrons. The molecule has 0 radical (unpaired) electrons. The standard InChI is InChI=1S/C10H18N4O2/c1-9(4-8-15)12-10(16)3-2-6-14-7-5-11-13-14/h5,7,9,15H,2-4,6,8H2,1H3,(H,12,16). The van der Waals surface area contributed by atoms with Crippen LogP contribution >= 0.6 is 0 Å². The molecule has 0 aliphatic heterocycles. The van der Waals surface area contributed by atoms with Crippen LogP contribution in [0.15, 0.2) is 12.4 Å². The van der Waals surface area contributed by atoms with Crippen molar-refractivity contribution in [3.63, 3.8) is 0 Å². The predicted molar refractivity (Wildman–Crippen MR) is 58.6 cm³/mol. The van der Waals surface area contributed by atoms with Gasteiger partial charge in [-0.2, -0.15) is 0 Å². The molecule has 0 saturated heterocycles. The van der Waals surface area contributed by atoms with Gasteiger partial charge in [0.2, 0.25) is 5.91 Å². The first-order valence-electron chi connectivity index (χ1n) is 5.46. The summed E-state index contributed by atoms with van der Waals surface area (Å²) in [5.41, 5.74) is 0. The maximum Gasteiger partial charge on any atom is 0.220 e. The van der Waals surface area contributed by atoms with Crippen LogP contribution in [-0.2, 0) is 11.3 Å². The second-order valence-corrected chi connectivity index (χ2v) is 3.75. The van der Waals surface area contributed by atoms with Crippen LogP contribution in [0.2, 0.25) is 0 Å². The van der Waals surface area contributed by atoms with Gasteiger partial charge in [0.05, 0.1) is 6.20 Å². The van der Waals surface area contributed by atoms with Crippen molar-refractivity contribution in [3.05, 3.63) is 12.4 Å². The Hall–Kier alpha value is -1.43. The van der Waals surface area contributed by atoms with Gasteiger partial charge >= 0.3 is 0 Å². The van der Waals surface area contributed by atoms with Gasteiger partial charge in [-0.05, 0) is 19.8 Å². The summed E-state index contributed by atoms with van der Waals surface area (Å²) in [6.45, 7) is 2.67. The van der Waals surface area contributed by atoms with E-state index in [1.807, 2.05) is 6.92 Å². The number of hydrogen-bond acceptors (Lipinski definition) is 4. The first kappa shape index (κ1) is 12.6. The van der Waals surface area contributed by atoms with E-state index in [0.29, 0.717) is 19.4 Å². The topological polar surface area (TPSA) is 80.0 Å². The van der Waals surface area contributed by atoms with Gasteiger partial charge < -0.3 is 10.4 Å². The molecule has 0 fully saturated rings. The SMILES string of the molecule is CC(CCO)NC(=O)CCCn1ccnn1. The van der Waals surface area contributed by atoms with E-state index in [1.54, 1.807) is 17.1 Å². The summed E-state index contributed by atoms with van der Waals surface area (Å²) in [4.78, 5) is 11.4. The summed E-state index contributed by atoms with van der Waals surface area (Å²) in [6, 6.07) is 0.0314.